The molecule has 4 heteroatoms. The largest absolute Gasteiger partial charge is 0.350 e. The van der Waals surface area contributed by atoms with Crippen LogP contribution in [-0.4, -0.2) is 17.4 Å². The number of carbonyl (C=O) groups is 1. The van der Waals surface area contributed by atoms with Gasteiger partial charge in [0.1, 0.15) is 0 Å². The maximum Gasteiger partial charge on any atom is 0.280 e. The molecule has 0 spiro atoms. The Morgan fingerprint density at radius 3 is 2.60 bits per heavy atom. The molecule has 0 bridgehead atoms. The first-order chi connectivity index (χ1) is 7.00. The van der Waals surface area contributed by atoms with Crippen LogP contribution in [0.25, 0.3) is 0 Å². The molecule has 0 saturated heterocycles. The molecule has 3 nitrogen and oxygen atoms in total. The predicted molar refractivity (Wildman–Crippen MR) is 63.4 cm³/mol. The van der Waals surface area contributed by atoms with Crippen LogP contribution in [0.4, 0.5) is 0 Å². The Balaban J connectivity index is 2.47. The van der Waals surface area contributed by atoms with E-state index in [9.17, 15) is 4.79 Å². The number of hydrogen-bond acceptors (Lipinski definition) is 3. The van der Waals surface area contributed by atoms with E-state index in [1.807, 2.05) is 13.8 Å². The van der Waals surface area contributed by atoms with Crippen molar-refractivity contribution >= 4 is 17.2 Å². The van der Waals surface area contributed by atoms with Crippen molar-refractivity contribution in [2.24, 2.45) is 5.92 Å². The van der Waals surface area contributed by atoms with Gasteiger partial charge in [-0.3, -0.25) is 4.79 Å². The minimum Gasteiger partial charge on any atom is -0.350 e. The van der Waals surface area contributed by atoms with Crippen molar-refractivity contribution < 1.29 is 4.79 Å². The van der Waals surface area contributed by atoms with Crippen LogP contribution in [0.1, 0.15) is 40.6 Å². The number of aryl methyl sites for hydroxylation is 2. The fourth-order valence-electron chi connectivity index (χ4n) is 1.12. The summed E-state index contributed by atoms with van der Waals surface area (Å²) in [6, 6.07) is 0. The summed E-state index contributed by atoms with van der Waals surface area (Å²) in [6.07, 6.45) is 1.01. The number of nitrogens with one attached hydrogen (secondary N) is 1. The fourth-order valence-corrected chi connectivity index (χ4v) is 1.95. The SMILES string of the molecule is Cc1nc(C(=O)NCCC(C)C)sc1C. The topological polar surface area (TPSA) is 42.0 Å². The first kappa shape index (κ1) is 12.2. The third kappa shape index (κ3) is 3.63. The molecule has 1 heterocycles. The van der Waals surface area contributed by atoms with Crippen molar-refractivity contribution in [1.82, 2.24) is 10.3 Å². The molecule has 15 heavy (non-hydrogen) atoms. The van der Waals surface area contributed by atoms with E-state index >= 15 is 0 Å². The second-order valence-electron chi connectivity index (χ2n) is 4.10. The number of rotatable bonds is 4. The number of carbonyl (C=O) groups excluding carboxylic acids is 1. The molecular formula is C11H18N2OS. The van der Waals surface area contributed by atoms with Crippen LogP contribution in [0.15, 0.2) is 0 Å². The summed E-state index contributed by atoms with van der Waals surface area (Å²) < 4.78 is 0. The summed E-state index contributed by atoms with van der Waals surface area (Å²) >= 11 is 1.46. The third-order valence-electron chi connectivity index (χ3n) is 2.23. The molecule has 0 aliphatic carbocycles. The molecule has 0 saturated carbocycles. The molecule has 1 aromatic rings. The Kier molecular flexibility index (Phi) is 4.27. The summed E-state index contributed by atoms with van der Waals surface area (Å²) in [7, 11) is 0. The number of thiazole rings is 1. The van der Waals surface area contributed by atoms with Gasteiger partial charge in [-0.05, 0) is 26.2 Å². The average molecular weight is 226 g/mol. The second-order valence-corrected chi connectivity index (χ2v) is 5.30. The van der Waals surface area contributed by atoms with Gasteiger partial charge in [-0.1, -0.05) is 13.8 Å². The molecule has 0 unspecified atom stereocenters. The van der Waals surface area contributed by atoms with E-state index in [0.717, 1.165) is 23.5 Å². The first-order valence-electron chi connectivity index (χ1n) is 5.23. The van der Waals surface area contributed by atoms with Crippen molar-refractivity contribution in [3.8, 4) is 0 Å². The summed E-state index contributed by atoms with van der Waals surface area (Å²) in [5, 5.41) is 3.46. The molecule has 0 aliphatic rings. The van der Waals surface area contributed by atoms with E-state index in [2.05, 4.69) is 24.1 Å². The Labute approximate surface area is 94.9 Å². The van der Waals surface area contributed by atoms with E-state index in [-0.39, 0.29) is 5.91 Å². The van der Waals surface area contributed by atoms with E-state index < -0.39 is 0 Å². The van der Waals surface area contributed by atoms with Crippen LogP contribution in [0.2, 0.25) is 0 Å². The Morgan fingerprint density at radius 2 is 2.13 bits per heavy atom. The van der Waals surface area contributed by atoms with Gasteiger partial charge in [0.15, 0.2) is 5.01 Å². The Bertz CT molecular complexity index is 325. The van der Waals surface area contributed by atoms with Crippen LogP contribution in [0.5, 0.6) is 0 Å². The number of nitrogens with zero attached hydrogens (tertiary/aromatic N) is 1. The molecule has 1 amide bonds. The highest BCUT2D eigenvalue weighted by Gasteiger charge is 2.11. The van der Waals surface area contributed by atoms with E-state index in [1.54, 1.807) is 0 Å². The lowest BCUT2D eigenvalue weighted by Gasteiger charge is -2.04. The molecule has 0 fully saturated rings. The molecular weight excluding hydrogens is 208 g/mol. The van der Waals surface area contributed by atoms with Gasteiger partial charge >= 0.3 is 0 Å². The van der Waals surface area contributed by atoms with Crippen LogP contribution in [-0.2, 0) is 0 Å². The van der Waals surface area contributed by atoms with Gasteiger partial charge in [0.2, 0.25) is 0 Å². The van der Waals surface area contributed by atoms with Crippen molar-refractivity contribution in [1.29, 1.82) is 0 Å². The lowest BCUT2D eigenvalue weighted by molar-refractivity contribution is 0.0951. The summed E-state index contributed by atoms with van der Waals surface area (Å²) in [5.41, 5.74) is 0.953. The van der Waals surface area contributed by atoms with Gasteiger partial charge in [-0.25, -0.2) is 4.98 Å². The minimum absolute atomic E-state index is 0.0446. The van der Waals surface area contributed by atoms with E-state index in [4.69, 9.17) is 0 Å². The summed E-state index contributed by atoms with van der Waals surface area (Å²) in [4.78, 5) is 17.0. The van der Waals surface area contributed by atoms with E-state index in [1.165, 1.54) is 11.3 Å². The lowest BCUT2D eigenvalue weighted by Crippen LogP contribution is -2.25. The standard InChI is InChI=1S/C11H18N2OS/c1-7(2)5-6-12-10(14)11-13-8(3)9(4)15-11/h7H,5-6H2,1-4H3,(H,12,14). The van der Waals surface area contributed by atoms with Crippen molar-refractivity contribution in [2.75, 3.05) is 6.54 Å². The van der Waals surface area contributed by atoms with Gasteiger partial charge in [-0.15, -0.1) is 11.3 Å². The normalized spacial score (nSPS) is 10.7. The van der Waals surface area contributed by atoms with Gasteiger partial charge in [0, 0.05) is 11.4 Å². The maximum atomic E-state index is 11.6. The van der Waals surface area contributed by atoms with Crippen LogP contribution < -0.4 is 5.32 Å². The lowest BCUT2D eigenvalue weighted by atomic mass is 10.1. The highest BCUT2D eigenvalue weighted by Crippen LogP contribution is 2.16. The number of hydrogen-bond donors (Lipinski definition) is 1. The molecule has 0 aromatic carbocycles. The fraction of sp³-hybridized carbons (Fsp3) is 0.636. The molecule has 0 radical (unpaired) electrons. The molecule has 0 atom stereocenters. The Hall–Kier alpha value is -0.900. The maximum absolute atomic E-state index is 11.6. The molecule has 84 valence electrons. The zero-order valence-electron chi connectivity index (χ0n) is 9.76. The number of aromatic nitrogens is 1. The highest BCUT2D eigenvalue weighted by molar-refractivity contribution is 7.13. The van der Waals surface area contributed by atoms with Crippen molar-refractivity contribution in [3.63, 3.8) is 0 Å². The first-order valence-corrected chi connectivity index (χ1v) is 6.04. The third-order valence-corrected chi connectivity index (χ3v) is 3.30. The van der Waals surface area contributed by atoms with Crippen LogP contribution >= 0.6 is 11.3 Å². The second kappa shape index (κ2) is 5.26. The zero-order valence-corrected chi connectivity index (χ0v) is 10.6. The smallest absolute Gasteiger partial charge is 0.280 e. The number of amides is 1. The molecule has 1 rings (SSSR count). The van der Waals surface area contributed by atoms with Crippen LogP contribution in [0.3, 0.4) is 0 Å². The van der Waals surface area contributed by atoms with E-state index in [0.29, 0.717) is 10.9 Å². The monoisotopic (exact) mass is 226 g/mol. The minimum atomic E-state index is -0.0446. The average Bonchev–Trinajstić information content (AvgIpc) is 2.46. The molecule has 1 N–H and O–H groups in total. The Morgan fingerprint density at radius 1 is 1.47 bits per heavy atom. The summed E-state index contributed by atoms with van der Waals surface area (Å²) in [6.45, 7) is 8.93. The van der Waals surface area contributed by atoms with Crippen molar-refractivity contribution in [3.05, 3.63) is 15.6 Å². The molecule has 1 aromatic heterocycles. The quantitative estimate of drug-likeness (QED) is 0.857. The highest BCUT2D eigenvalue weighted by atomic mass is 32.1. The van der Waals surface area contributed by atoms with Gasteiger partial charge < -0.3 is 5.32 Å². The van der Waals surface area contributed by atoms with Gasteiger partial charge in [0.25, 0.3) is 5.91 Å². The zero-order chi connectivity index (χ0) is 11.4. The van der Waals surface area contributed by atoms with Gasteiger partial charge in [-0.2, -0.15) is 0 Å². The summed E-state index contributed by atoms with van der Waals surface area (Å²) in [5.74, 6) is 0.571. The van der Waals surface area contributed by atoms with Crippen LogP contribution in [0, 0.1) is 19.8 Å². The van der Waals surface area contributed by atoms with Gasteiger partial charge in [0.05, 0.1) is 5.69 Å². The molecule has 0 aliphatic heterocycles. The van der Waals surface area contributed by atoms with Crippen molar-refractivity contribution in [2.45, 2.75) is 34.1 Å². The predicted octanol–water partition coefficient (Wildman–Crippen LogP) is 2.54.